The van der Waals surface area contributed by atoms with Crippen molar-refractivity contribution in [3.63, 3.8) is 0 Å². The summed E-state index contributed by atoms with van der Waals surface area (Å²) in [5, 5.41) is 0.489. The van der Waals surface area contributed by atoms with Gasteiger partial charge < -0.3 is 4.74 Å². The maximum Gasteiger partial charge on any atom is 0.411 e. The lowest BCUT2D eigenvalue weighted by molar-refractivity contribution is -0.183. The third-order valence-corrected chi connectivity index (χ3v) is 2.84. The Morgan fingerprint density at radius 3 is 2.56 bits per heavy atom. The monoisotopic (exact) mass is 364 g/mol. The minimum absolute atomic E-state index is 0.439. The van der Waals surface area contributed by atoms with Crippen molar-refractivity contribution in [1.82, 2.24) is 0 Å². The Bertz CT molecular complexity index is 343. The zero-order valence-electron chi connectivity index (χ0n) is 8.10. The highest BCUT2D eigenvalue weighted by Crippen LogP contribution is 2.25. The van der Waals surface area contributed by atoms with Crippen LogP contribution in [-0.2, 0) is 4.74 Å². The normalized spacial score (nSPS) is 13.8. The Hall–Kier alpha value is -0.0100. The molecule has 0 aromatic heterocycles. The van der Waals surface area contributed by atoms with E-state index in [9.17, 15) is 13.2 Å². The van der Waals surface area contributed by atoms with Gasteiger partial charge in [0.05, 0.1) is 6.10 Å². The second-order valence-corrected chi connectivity index (χ2v) is 4.44. The molecule has 0 fully saturated rings. The van der Waals surface area contributed by atoms with E-state index in [1.807, 2.05) is 22.6 Å². The van der Waals surface area contributed by atoms with Crippen LogP contribution in [0.3, 0.4) is 0 Å². The predicted molar refractivity (Wildman–Crippen MR) is 65.1 cm³/mol. The van der Waals surface area contributed by atoms with Crippen LogP contribution in [0.2, 0.25) is 5.02 Å². The van der Waals surface area contributed by atoms with Gasteiger partial charge in [-0.05, 0) is 17.7 Å². The fourth-order valence-corrected chi connectivity index (χ4v) is 2.09. The minimum atomic E-state index is -4.30. The van der Waals surface area contributed by atoms with E-state index < -0.39 is 18.9 Å². The third-order valence-electron chi connectivity index (χ3n) is 1.81. The Morgan fingerprint density at radius 1 is 1.38 bits per heavy atom. The van der Waals surface area contributed by atoms with E-state index in [1.54, 1.807) is 24.3 Å². The molecule has 0 aliphatic rings. The molecule has 1 atom stereocenters. The first-order chi connectivity index (χ1) is 7.42. The highest BCUT2D eigenvalue weighted by molar-refractivity contribution is 14.1. The summed E-state index contributed by atoms with van der Waals surface area (Å²) in [5.74, 6) is 0. The van der Waals surface area contributed by atoms with Gasteiger partial charge in [-0.2, -0.15) is 13.2 Å². The molecule has 6 heteroatoms. The van der Waals surface area contributed by atoms with Crippen molar-refractivity contribution in [3.8, 4) is 0 Å². The first-order valence-corrected chi connectivity index (χ1v) is 6.32. The molecular weight excluding hydrogens is 355 g/mol. The standard InChI is InChI=1S/C10H9ClF3IO/c11-8-3-1-2-7(4-8)9(5-15)16-6-10(12,13)14/h1-4,9H,5-6H2. The van der Waals surface area contributed by atoms with Crippen LogP contribution in [0.4, 0.5) is 13.2 Å². The van der Waals surface area contributed by atoms with Gasteiger partial charge >= 0.3 is 6.18 Å². The molecule has 1 aromatic carbocycles. The number of ether oxygens (including phenoxy) is 1. The van der Waals surface area contributed by atoms with E-state index in [0.29, 0.717) is 15.0 Å². The molecule has 90 valence electrons. The van der Waals surface area contributed by atoms with Gasteiger partial charge in [0, 0.05) is 9.45 Å². The summed E-state index contributed by atoms with van der Waals surface area (Å²) in [6.07, 6.45) is -4.89. The molecule has 16 heavy (non-hydrogen) atoms. The highest BCUT2D eigenvalue weighted by atomic mass is 127. The topological polar surface area (TPSA) is 9.23 Å². The van der Waals surface area contributed by atoms with Crippen molar-refractivity contribution in [2.75, 3.05) is 11.0 Å². The van der Waals surface area contributed by atoms with Crippen LogP contribution in [0.5, 0.6) is 0 Å². The van der Waals surface area contributed by atoms with Crippen LogP contribution in [0, 0.1) is 0 Å². The molecule has 1 aromatic rings. The molecule has 0 amide bonds. The molecule has 1 unspecified atom stereocenters. The first-order valence-electron chi connectivity index (χ1n) is 4.42. The molecule has 0 heterocycles. The van der Waals surface area contributed by atoms with Crippen LogP contribution in [-0.4, -0.2) is 17.2 Å². The smallest absolute Gasteiger partial charge is 0.363 e. The summed E-state index contributed by atoms with van der Waals surface area (Å²) in [6, 6.07) is 6.67. The molecule has 1 nitrogen and oxygen atoms in total. The molecule has 0 spiro atoms. The second-order valence-electron chi connectivity index (χ2n) is 3.12. The van der Waals surface area contributed by atoms with Crippen LogP contribution < -0.4 is 0 Å². The molecule has 1 rings (SSSR count). The van der Waals surface area contributed by atoms with E-state index in [1.165, 1.54) is 0 Å². The number of hydrogen-bond donors (Lipinski definition) is 0. The van der Waals surface area contributed by atoms with Crippen molar-refractivity contribution in [1.29, 1.82) is 0 Å². The van der Waals surface area contributed by atoms with Gasteiger partial charge in [0.1, 0.15) is 6.61 Å². The van der Waals surface area contributed by atoms with E-state index in [0.717, 1.165) is 0 Å². The number of hydrogen-bond acceptors (Lipinski definition) is 1. The van der Waals surface area contributed by atoms with E-state index >= 15 is 0 Å². The van der Waals surface area contributed by atoms with Gasteiger partial charge in [0.2, 0.25) is 0 Å². The Morgan fingerprint density at radius 2 is 2.06 bits per heavy atom. The maximum absolute atomic E-state index is 12.0. The largest absolute Gasteiger partial charge is 0.411 e. The molecule has 0 aliphatic carbocycles. The highest BCUT2D eigenvalue weighted by Gasteiger charge is 2.29. The lowest BCUT2D eigenvalue weighted by atomic mass is 10.1. The average molecular weight is 365 g/mol. The SMILES string of the molecule is FC(F)(F)COC(CI)c1cccc(Cl)c1. The van der Waals surface area contributed by atoms with E-state index in [-0.39, 0.29) is 0 Å². The summed E-state index contributed by atoms with van der Waals surface area (Å²) in [5.41, 5.74) is 0.658. The maximum atomic E-state index is 12.0. The summed E-state index contributed by atoms with van der Waals surface area (Å²) in [6.45, 7) is -1.24. The minimum Gasteiger partial charge on any atom is -0.363 e. The quantitative estimate of drug-likeness (QED) is 0.568. The van der Waals surface area contributed by atoms with Gasteiger partial charge in [-0.25, -0.2) is 0 Å². The number of alkyl halides is 4. The zero-order valence-corrected chi connectivity index (χ0v) is 11.0. The van der Waals surface area contributed by atoms with Crippen molar-refractivity contribution < 1.29 is 17.9 Å². The van der Waals surface area contributed by atoms with Crippen LogP contribution in [0.15, 0.2) is 24.3 Å². The van der Waals surface area contributed by atoms with E-state index in [4.69, 9.17) is 16.3 Å². The van der Waals surface area contributed by atoms with Gasteiger partial charge in [-0.1, -0.05) is 46.3 Å². The zero-order chi connectivity index (χ0) is 12.2. The average Bonchev–Trinajstić information content (AvgIpc) is 2.17. The molecule has 0 N–H and O–H groups in total. The molecule has 0 aliphatic heterocycles. The fraction of sp³-hybridized carbons (Fsp3) is 0.400. The Labute approximate surface area is 110 Å². The summed E-state index contributed by atoms with van der Waals surface area (Å²) in [4.78, 5) is 0. The van der Waals surface area contributed by atoms with Crippen molar-refractivity contribution in [2.24, 2.45) is 0 Å². The van der Waals surface area contributed by atoms with E-state index in [2.05, 4.69) is 0 Å². The third kappa shape index (κ3) is 4.88. The summed E-state index contributed by atoms with van der Waals surface area (Å²) in [7, 11) is 0. The van der Waals surface area contributed by atoms with Crippen molar-refractivity contribution >= 4 is 34.2 Å². The summed E-state index contributed by atoms with van der Waals surface area (Å²) >= 11 is 7.74. The second kappa shape index (κ2) is 6.07. The Balaban J connectivity index is 2.68. The molecule has 0 saturated heterocycles. The predicted octanol–water partition coefficient (Wildman–Crippen LogP) is 4.40. The fourth-order valence-electron chi connectivity index (χ4n) is 1.13. The van der Waals surface area contributed by atoms with Crippen molar-refractivity contribution in [3.05, 3.63) is 34.9 Å². The van der Waals surface area contributed by atoms with Crippen molar-refractivity contribution in [2.45, 2.75) is 12.3 Å². The van der Waals surface area contributed by atoms with Gasteiger partial charge in [0.15, 0.2) is 0 Å². The first kappa shape index (κ1) is 14.1. The molecule has 0 bridgehead atoms. The van der Waals surface area contributed by atoms with Crippen LogP contribution >= 0.6 is 34.2 Å². The number of halogens is 5. The van der Waals surface area contributed by atoms with Gasteiger partial charge in [-0.15, -0.1) is 0 Å². The Kier molecular flexibility index (Phi) is 5.33. The van der Waals surface area contributed by atoms with Gasteiger partial charge in [0.25, 0.3) is 0 Å². The van der Waals surface area contributed by atoms with Crippen LogP contribution in [0.1, 0.15) is 11.7 Å². The lowest BCUT2D eigenvalue weighted by Crippen LogP contribution is -2.20. The summed E-state index contributed by atoms with van der Waals surface area (Å²) < 4.78 is 41.2. The number of benzene rings is 1. The lowest BCUT2D eigenvalue weighted by Gasteiger charge is -2.17. The number of rotatable bonds is 4. The van der Waals surface area contributed by atoms with Crippen LogP contribution in [0.25, 0.3) is 0 Å². The van der Waals surface area contributed by atoms with Gasteiger partial charge in [-0.3, -0.25) is 0 Å². The molecule has 0 saturated carbocycles. The molecular formula is C10H9ClF3IO. The molecule has 0 radical (unpaired) electrons.